The van der Waals surface area contributed by atoms with E-state index in [-0.39, 0.29) is 23.5 Å². The Kier molecular flexibility index (Phi) is 6.36. The lowest BCUT2D eigenvalue weighted by Crippen LogP contribution is -2.45. The predicted molar refractivity (Wildman–Crippen MR) is 134 cm³/mol. The number of piperidine rings is 1. The highest BCUT2D eigenvalue weighted by Crippen LogP contribution is 2.40. The number of nitrogens with one attached hydrogen (secondary N) is 1. The fraction of sp³-hybridized carbons (Fsp3) is 0.464. The molecule has 5 rings (SSSR count). The van der Waals surface area contributed by atoms with Gasteiger partial charge in [0.15, 0.2) is 0 Å². The summed E-state index contributed by atoms with van der Waals surface area (Å²) < 4.78 is 11.7. The van der Waals surface area contributed by atoms with Crippen molar-refractivity contribution in [3.8, 4) is 17.1 Å². The number of likely N-dealkylation sites (tertiary alicyclic amines) is 1. The fourth-order valence-electron chi connectivity index (χ4n) is 5.16. The Labute approximate surface area is 206 Å². The van der Waals surface area contributed by atoms with Crippen LogP contribution in [0.3, 0.4) is 0 Å². The van der Waals surface area contributed by atoms with Gasteiger partial charge in [0.2, 0.25) is 17.6 Å². The van der Waals surface area contributed by atoms with Crippen LogP contribution in [0.1, 0.15) is 61.7 Å². The molecule has 0 saturated carbocycles. The topological polar surface area (TPSA) is 80.5 Å². The van der Waals surface area contributed by atoms with Crippen LogP contribution in [0.25, 0.3) is 11.4 Å². The summed E-state index contributed by atoms with van der Waals surface area (Å²) in [6.07, 6.45) is 2.39. The zero-order valence-corrected chi connectivity index (χ0v) is 21.0. The summed E-state index contributed by atoms with van der Waals surface area (Å²) in [4.78, 5) is 20.1. The second-order valence-electron chi connectivity index (χ2n) is 10.6. The molecule has 1 saturated heterocycles. The molecule has 3 heterocycles. The number of rotatable bonds is 5. The number of carbonyl (C=O) groups excluding carboxylic acids is 1. The standard InChI is InChI=1S/C28H34N4O3/c1-18-6-5-7-21(14-18)26-30-25(35-31-26)17-32-12-10-20(11-13-32)27(33)29-23-16-28(3,4)34-24-9-8-19(2)15-22(23)24/h5-9,14-15,20,23H,10-13,16-17H2,1-4H3,(H,29,33). The summed E-state index contributed by atoms with van der Waals surface area (Å²) in [6.45, 7) is 10.5. The minimum atomic E-state index is -0.315. The molecule has 0 radical (unpaired) electrons. The van der Waals surface area contributed by atoms with E-state index in [1.54, 1.807) is 0 Å². The van der Waals surface area contributed by atoms with Crippen LogP contribution in [-0.4, -0.2) is 39.6 Å². The lowest BCUT2D eigenvalue weighted by atomic mass is 9.88. The van der Waals surface area contributed by atoms with Gasteiger partial charge in [-0.25, -0.2) is 0 Å². The molecule has 0 aliphatic carbocycles. The first-order valence-corrected chi connectivity index (χ1v) is 12.5. The molecule has 1 unspecified atom stereocenters. The third-order valence-corrected chi connectivity index (χ3v) is 7.00. The molecular weight excluding hydrogens is 440 g/mol. The van der Waals surface area contributed by atoms with E-state index in [0.29, 0.717) is 18.3 Å². The molecule has 184 valence electrons. The molecule has 2 aliphatic rings. The van der Waals surface area contributed by atoms with Crippen LogP contribution in [0.2, 0.25) is 0 Å². The molecule has 0 spiro atoms. The second-order valence-corrected chi connectivity index (χ2v) is 10.6. The summed E-state index contributed by atoms with van der Waals surface area (Å²) >= 11 is 0. The fourth-order valence-corrected chi connectivity index (χ4v) is 5.16. The van der Waals surface area contributed by atoms with Crippen LogP contribution in [-0.2, 0) is 11.3 Å². The molecule has 1 N–H and O–H groups in total. The predicted octanol–water partition coefficient (Wildman–Crippen LogP) is 4.98. The van der Waals surface area contributed by atoms with Crippen molar-refractivity contribution in [3.05, 3.63) is 65.0 Å². The van der Waals surface area contributed by atoms with Crippen molar-refractivity contribution in [1.82, 2.24) is 20.4 Å². The zero-order valence-electron chi connectivity index (χ0n) is 21.0. The van der Waals surface area contributed by atoms with Gasteiger partial charge in [-0.05, 0) is 65.8 Å². The Hall–Kier alpha value is -3.19. The number of benzene rings is 2. The third kappa shape index (κ3) is 5.40. The Morgan fingerprint density at radius 3 is 2.66 bits per heavy atom. The van der Waals surface area contributed by atoms with Crippen LogP contribution in [0.4, 0.5) is 0 Å². The van der Waals surface area contributed by atoms with Crippen LogP contribution < -0.4 is 10.1 Å². The van der Waals surface area contributed by atoms with Crippen molar-refractivity contribution < 1.29 is 14.1 Å². The van der Waals surface area contributed by atoms with E-state index >= 15 is 0 Å². The normalized spacial score (nSPS) is 20.2. The summed E-state index contributed by atoms with van der Waals surface area (Å²) in [7, 11) is 0. The second kappa shape index (κ2) is 9.46. The van der Waals surface area contributed by atoms with E-state index in [2.05, 4.69) is 59.3 Å². The minimum Gasteiger partial charge on any atom is -0.487 e. The zero-order chi connectivity index (χ0) is 24.6. The Balaban J connectivity index is 1.17. The highest BCUT2D eigenvalue weighted by atomic mass is 16.5. The highest BCUT2D eigenvalue weighted by molar-refractivity contribution is 5.79. The Morgan fingerprint density at radius 2 is 1.89 bits per heavy atom. The average Bonchev–Trinajstić information content (AvgIpc) is 3.28. The lowest BCUT2D eigenvalue weighted by Gasteiger charge is -2.39. The Morgan fingerprint density at radius 1 is 1.11 bits per heavy atom. The highest BCUT2D eigenvalue weighted by Gasteiger charge is 2.36. The molecule has 1 atom stereocenters. The summed E-state index contributed by atoms with van der Waals surface area (Å²) in [5, 5.41) is 7.49. The molecule has 1 fully saturated rings. The van der Waals surface area contributed by atoms with E-state index in [9.17, 15) is 4.79 Å². The van der Waals surface area contributed by atoms with Gasteiger partial charge < -0.3 is 14.6 Å². The first-order valence-electron chi connectivity index (χ1n) is 12.5. The monoisotopic (exact) mass is 474 g/mol. The average molecular weight is 475 g/mol. The summed E-state index contributed by atoms with van der Waals surface area (Å²) in [5.74, 6) is 2.25. The number of carbonyl (C=O) groups is 1. The van der Waals surface area contributed by atoms with Crippen molar-refractivity contribution in [2.24, 2.45) is 5.92 Å². The first kappa shape index (κ1) is 23.5. The minimum absolute atomic E-state index is 0.0102. The molecule has 2 aromatic carbocycles. The number of hydrogen-bond acceptors (Lipinski definition) is 6. The summed E-state index contributed by atoms with van der Waals surface area (Å²) in [6, 6.07) is 14.3. The number of amides is 1. The van der Waals surface area contributed by atoms with Crippen LogP contribution in [0.15, 0.2) is 47.0 Å². The van der Waals surface area contributed by atoms with E-state index in [0.717, 1.165) is 54.8 Å². The van der Waals surface area contributed by atoms with Gasteiger partial charge in [0.25, 0.3) is 0 Å². The Bertz CT molecular complexity index is 1210. The molecule has 3 aromatic rings. The number of aryl methyl sites for hydroxylation is 2. The largest absolute Gasteiger partial charge is 0.487 e. The summed E-state index contributed by atoms with van der Waals surface area (Å²) in [5.41, 5.74) is 4.06. The number of nitrogens with zero attached hydrogens (tertiary/aromatic N) is 3. The molecular formula is C28H34N4O3. The number of aromatic nitrogens is 2. The van der Waals surface area contributed by atoms with Crippen LogP contribution >= 0.6 is 0 Å². The maximum atomic E-state index is 13.2. The van der Waals surface area contributed by atoms with Crippen molar-refractivity contribution in [2.75, 3.05) is 13.1 Å². The van der Waals surface area contributed by atoms with Gasteiger partial charge in [-0.1, -0.05) is 46.6 Å². The maximum absolute atomic E-state index is 13.2. The van der Waals surface area contributed by atoms with Gasteiger partial charge in [-0.2, -0.15) is 4.98 Å². The molecule has 2 aliphatic heterocycles. The van der Waals surface area contributed by atoms with Gasteiger partial charge in [0.05, 0.1) is 12.6 Å². The maximum Gasteiger partial charge on any atom is 0.241 e. The van der Waals surface area contributed by atoms with E-state index in [1.165, 1.54) is 5.56 Å². The third-order valence-electron chi connectivity index (χ3n) is 7.00. The molecule has 35 heavy (non-hydrogen) atoms. The quantitative estimate of drug-likeness (QED) is 0.562. The molecule has 7 nitrogen and oxygen atoms in total. The van der Waals surface area contributed by atoms with E-state index in [4.69, 9.17) is 9.26 Å². The molecule has 7 heteroatoms. The van der Waals surface area contributed by atoms with Gasteiger partial charge in [-0.15, -0.1) is 0 Å². The van der Waals surface area contributed by atoms with Crippen molar-refractivity contribution >= 4 is 5.91 Å². The van der Waals surface area contributed by atoms with Crippen LogP contribution in [0.5, 0.6) is 5.75 Å². The van der Waals surface area contributed by atoms with Crippen molar-refractivity contribution in [1.29, 1.82) is 0 Å². The molecule has 1 amide bonds. The first-order chi connectivity index (χ1) is 16.8. The van der Waals surface area contributed by atoms with Gasteiger partial charge in [-0.3, -0.25) is 9.69 Å². The lowest BCUT2D eigenvalue weighted by molar-refractivity contribution is -0.127. The number of ether oxygens (including phenoxy) is 1. The number of hydrogen-bond donors (Lipinski definition) is 1. The van der Waals surface area contributed by atoms with Crippen molar-refractivity contribution in [3.63, 3.8) is 0 Å². The van der Waals surface area contributed by atoms with Crippen molar-refractivity contribution in [2.45, 2.75) is 65.1 Å². The number of fused-ring (bicyclic) bond motifs is 1. The molecule has 1 aromatic heterocycles. The van der Waals surface area contributed by atoms with Crippen LogP contribution in [0, 0.1) is 19.8 Å². The van der Waals surface area contributed by atoms with Gasteiger partial charge >= 0.3 is 0 Å². The smallest absolute Gasteiger partial charge is 0.241 e. The van der Waals surface area contributed by atoms with Gasteiger partial charge in [0, 0.05) is 23.5 Å². The molecule has 0 bridgehead atoms. The van der Waals surface area contributed by atoms with E-state index in [1.807, 2.05) is 31.2 Å². The van der Waals surface area contributed by atoms with Gasteiger partial charge in [0.1, 0.15) is 11.4 Å². The van der Waals surface area contributed by atoms with E-state index < -0.39 is 0 Å². The SMILES string of the molecule is Cc1cccc(-c2noc(CN3CCC(C(=O)NC4CC(C)(C)Oc5ccc(C)cc54)CC3)n2)c1.